The van der Waals surface area contributed by atoms with Crippen molar-refractivity contribution < 1.29 is 22.7 Å². The molecule has 0 radical (unpaired) electrons. The maximum Gasteiger partial charge on any atom is 0.387 e. The van der Waals surface area contributed by atoms with Crippen LogP contribution in [-0.4, -0.2) is 22.3 Å². The molecule has 0 aliphatic rings. The van der Waals surface area contributed by atoms with Crippen molar-refractivity contribution in [3.63, 3.8) is 0 Å². The van der Waals surface area contributed by atoms with Crippen molar-refractivity contribution in [2.45, 2.75) is 13.2 Å². The third-order valence-electron chi connectivity index (χ3n) is 3.49. The molecule has 1 aromatic heterocycles. The van der Waals surface area contributed by atoms with Crippen LogP contribution in [0.4, 0.5) is 19.0 Å². The van der Waals surface area contributed by atoms with Gasteiger partial charge in [-0.05, 0) is 29.8 Å². The summed E-state index contributed by atoms with van der Waals surface area (Å²) >= 11 is 0. The zero-order valence-electron chi connectivity index (χ0n) is 13.4. The number of ether oxygens (including phenoxy) is 1. The van der Waals surface area contributed by atoms with Crippen LogP contribution in [0.25, 0.3) is 0 Å². The highest BCUT2D eigenvalue weighted by atomic mass is 19.3. The van der Waals surface area contributed by atoms with Gasteiger partial charge in [0.15, 0.2) is 5.82 Å². The molecule has 134 valence electrons. The molecule has 1 N–H and O–H groups in total. The Morgan fingerprint density at radius 1 is 1.12 bits per heavy atom. The number of nitrogens with one attached hydrogen (secondary N) is 1. The summed E-state index contributed by atoms with van der Waals surface area (Å²) in [5.74, 6) is -0.908. The van der Waals surface area contributed by atoms with Gasteiger partial charge in [0.05, 0.1) is 12.1 Å². The van der Waals surface area contributed by atoms with E-state index in [2.05, 4.69) is 15.2 Å². The fourth-order valence-corrected chi connectivity index (χ4v) is 2.33. The summed E-state index contributed by atoms with van der Waals surface area (Å²) in [5.41, 5.74) is 0.809. The third-order valence-corrected chi connectivity index (χ3v) is 3.49. The lowest BCUT2D eigenvalue weighted by atomic mass is 10.2. The average molecular weight is 361 g/mol. The molecule has 2 aromatic carbocycles. The number of hydrogen-bond donors (Lipinski definition) is 1. The summed E-state index contributed by atoms with van der Waals surface area (Å²) in [6.45, 7) is -2.64. The van der Waals surface area contributed by atoms with Crippen LogP contribution in [-0.2, 0) is 6.54 Å². The van der Waals surface area contributed by atoms with Gasteiger partial charge in [0.25, 0.3) is 5.91 Å². The van der Waals surface area contributed by atoms with Crippen molar-refractivity contribution >= 4 is 11.7 Å². The average Bonchev–Trinajstić information content (AvgIpc) is 3.04. The Labute approximate surface area is 147 Å². The normalized spacial score (nSPS) is 10.8. The largest absolute Gasteiger partial charge is 0.434 e. The maximum atomic E-state index is 12.9. The van der Waals surface area contributed by atoms with Gasteiger partial charge in [0.1, 0.15) is 11.6 Å². The van der Waals surface area contributed by atoms with Gasteiger partial charge < -0.3 is 10.1 Å². The Morgan fingerprint density at radius 3 is 2.58 bits per heavy atom. The van der Waals surface area contributed by atoms with Gasteiger partial charge in [0.2, 0.25) is 0 Å². The van der Waals surface area contributed by atoms with Gasteiger partial charge in [-0.25, -0.2) is 4.39 Å². The van der Waals surface area contributed by atoms with Crippen LogP contribution in [0, 0.1) is 5.82 Å². The molecule has 3 aromatic rings. The molecule has 0 saturated heterocycles. The Hall–Kier alpha value is -3.29. The number of nitrogens with zero attached hydrogens (tertiary/aromatic N) is 2. The maximum absolute atomic E-state index is 12.9. The number of amides is 1. The standard InChI is InChI=1S/C18H14F3N3O2/c19-13-7-5-12(6-8-13)11-24-10-9-16(23-24)22-17(25)14-3-1-2-4-15(14)26-18(20)21/h1-10,18H,11H2,(H,22,23,25). The molecule has 1 amide bonds. The van der Waals surface area contributed by atoms with Crippen LogP contribution >= 0.6 is 0 Å². The van der Waals surface area contributed by atoms with Gasteiger partial charge in [-0.3, -0.25) is 9.48 Å². The lowest BCUT2D eigenvalue weighted by Crippen LogP contribution is -2.15. The fourth-order valence-electron chi connectivity index (χ4n) is 2.33. The minimum Gasteiger partial charge on any atom is -0.434 e. The number of carbonyl (C=O) groups is 1. The summed E-state index contributed by atoms with van der Waals surface area (Å²) in [5, 5.41) is 6.72. The number of anilines is 1. The molecule has 0 fully saturated rings. The minimum absolute atomic E-state index is 0.0270. The number of hydrogen-bond acceptors (Lipinski definition) is 3. The SMILES string of the molecule is O=C(Nc1ccn(Cc2ccc(F)cc2)n1)c1ccccc1OC(F)F. The predicted octanol–water partition coefficient (Wildman–Crippen LogP) is 3.92. The molecule has 0 unspecified atom stereocenters. The van der Waals surface area contributed by atoms with E-state index >= 15 is 0 Å². The van der Waals surface area contributed by atoms with Crippen molar-refractivity contribution in [1.82, 2.24) is 9.78 Å². The number of benzene rings is 2. The Kier molecular flexibility index (Phi) is 5.21. The molecule has 26 heavy (non-hydrogen) atoms. The highest BCUT2D eigenvalue weighted by Crippen LogP contribution is 2.21. The number of rotatable bonds is 6. The highest BCUT2D eigenvalue weighted by molar-refractivity contribution is 6.05. The van der Waals surface area contributed by atoms with Crippen LogP contribution in [0.2, 0.25) is 0 Å². The molecule has 0 bridgehead atoms. The molecule has 8 heteroatoms. The van der Waals surface area contributed by atoms with E-state index < -0.39 is 12.5 Å². The smallest absolute Gasteiger partial charge is 0.387 e. The molecule has 5 nitrogen and oxygen atoms in total. The Balaban J connectivity index is 1.69. The molecule has 0 aliphatic heterocycles. The highest BCUT2D eigenvalue weighted by Gasteiger charge is 2.16. The van der Waals surface area contributed by atoms with Crippen LogP contribution in [0.1, 0.15) is 15.9 Å². The summed E-state index contributed by atoms with van der Waals surface area (Å²) in [4.78, 5) is 12.3. The van der Waals surface area contributed by atoms with E-state index in [1.54, 1.807) is 35.1 Å². The Bertz CT molecular complexity index is 895. The van der Waals surface area contributed by atoms with Gasteiger partial charge >= 0.3 is 6.61 Å². The first-order valence-electron chi connectivity index (χ1n) is 7.64. The molecular formula is C18H14F3N3O2. The van der Waals surface area contributed by atoms with E-state index in [-0.39, 0.29) is 22.9 Å². The molecule has 0 saturated carbocycles. The molecule has 1 heterocycles. The summed E-state index contributed by atoms with van der Waals surface area (Å²) in [6.07, 6.45) is 1.64. The van der Waals surface area contributed by atoms with Crippen LogP contribution in [0.3, 0.4) is 0 Å². The van der Waals surface area contributed by atoms with E-state index in [0.717, 1.165) is 5.56 Å². The topological polar surface area (TPSA) is 56.2 Å². The molecule has 3 rings (SSSR count). The van der Waals surface area contributed by atoms with Crippen LogP contribution < -0.4 is 10.1 Å². The van der Waals surface area contributed by atoms with E-state index in [4.69, 9.17) is 0 Å². The van der Waals surface area contributed by atoms with Crippen molar-refractivity contribution in [1.29, 1.82) is 0 Å². The number of alkyl halides is 2. The second-order valence-corrected chi connectivity index (χ2v) is 5.35. The first-order chi connectivity index (χ1) is 12.5. The van der Waals surface area contributed by atoms with Crippen molar-refractivity contribution in [2.24, 2.45) is 0 Å². The van der Waals surface area contributed by atoms with Crippen LogP contribution in [0.5, 0.6) is 5.75 Å². The first kappa shape index (κ1) is 17.5. The van der Waals surface area contributed by atoms with E-state index in [1.807, 2.05) is 0 Å². The van der Waals surface area contributed by atoms with Crippen molar-refractivity contribution in [3.8, 4) is 5.75 Å². The summed E-state index contributed by atoms with van der Waals surface area (Å²) in [6, 6.07) is 13.2. The van der Waals surface area contributed by atoms with Gasteiger partial charge in [-0.15, -0.1) is 0 Å². The van der Waals surface area contributed by atoms with Crippen molar-refractivity contribution in [2.75, 3.05) is 5.32 Å². The quantitative estimate of drug-likeness (QED) is 0.724. The van der Waals surface area contributed by atoms with E-state index in [9.17, 15) is 18.0 Å². The van der Waals surface area contributed by atoms with Gasteiger partial charge in [0, 0.05) is 12.3 Å². The number of halogens is 3. The summed E-state index contributed by atoms with van der Waals surface area (Å²) < 4.78 is 43.7. The molecular weight excluding hydrogens is 347 g/mol. The predicted molar refractivity (Wildman–Crippen MR) is 88.8 cm³/mol. The minimum atomic E-state index is -3.03. The lowest BCUT2D eigenvalue weighted by Gasteiger charge is -2.09. The second kappa shape index (κ2) is 7.73. The molecule has 0 aliphatic carbocycles. The first-order valence-corrected chi connectivity index (χ1v) is 7.64. The lowest BCUT2D eigenvalue weighted by molar-refractivity contribution is -0.0501. The second-order valence-electron chi connectivity index (χ2n) is 5.35. The zero-order chi connectivity index (χ0) is 18.5. The van der Waals surface area contributed by atoms with E-state index in [1.165, 1.54) is 30.3 Å². The summed E-state index contributed by atoms with van der Waals surface area (Å²) in [7, 11) is 0. The zero-order valence-corrected chi connectivity index (χ0v) is 13.4. The monoisotopic (exact) mass is 361 g/mol. The third kappa shape index (κ3) is 4.41. The Morgan fingerprint density at radius 2 is 1.85 bits per heavy atom. The number of carbonyl (C=O) groups excluding carboxylic acids is 1. The fraction of sp³-hybridized carbons (Fsp3) is 0.111. The van der Waals surface area contributed by atoms with Gasteiger partial charge in [-0.2, -0.15) is 13.9 Å². The van der Waals surface area contributed by atoms with Crippen molar-refractivity contribution in [3.05, 3.63) is 77.7 Å². The van der Waals surface area contributed by atoms with Gasteiger partial charge in [-0.1, -0.05) is 24.3 Å². The van der Waals surface area contributed by atoms with Crippen LogP contribution in [0.15, 0.2) is 60.8 Å². The number of para-hydroxylation sites is 1. The molecule has 0 spiro atoms. The van der Waals surface area contributed by atoms with E-state index in [0.29, 0.717) is 6.54 Å². The number of aromatic nitrogens is 2. The molecule has 0 atom stereocenters.